The van der Waals surface area contributed by atoms with Crippen molar-refractivity contribution in [3.63, 3.8) is 0 Å². The monoisotopic (exact) mass is 230 g/mol. The van der Waals surface area contributed by atoms with E-state index in [4.69, 9.17) is 11.6 Å². The Morgan fingerprint density at radius 1 is 1.33 bits per heavy atom. The molecule has 0 aliphatic heterocycles. The summed E-state index contributed by atoms with van der Waals surface area (Å²) < 4.78 is 0. The van der Waals surface area contributed by atoms with Gasteiger partial charge in [0.1, 0.15) is 0 Å². The van der Waals surface area contributed by atoms with Crippen LogP contribution in [0.2, 0.25) is 0 Å². The summed E-state index contributed by atoms with van der Waals surface area (Å²) in [4.78, 5) is 11.3. The molecule has 0 atom stereocenters. The predicted molar refractivity (Wildman–Crippen MR) is 63.0 cm³/mol. The number of carbonyl (C=O) groups excluding carboxylic acids is 1. The van der Waals surface area contributed by atoms with Gasteiger partial charge in [-0.1, -0.05) is 12.0 Å². The lowest BCUT2D eigenvalue weighted by molar-refractivity contribution is 0.244. The second kappa shape index (κ2) is 7.57. The van der Waals surface area contributed by atoms with E-state index in [1.54, 1.807) is 0 Å². The van der Waals surface area contributed by atoms with Crippen LogP contribution in [0.3, 0.4) is 0 Å². The highest BCUT2D eigenvalue weighted by atomic mass is 35.5. The predicted octanol–water partition coefficient (Wildman–Crippen LogP) is 2.76. The Balaban J connectivity index is 2.14. The zero-order valence-electron chi connectivity index (χ0n) is 9.02. The van der Waals surface area contributed by atoms with Crippen LogP contribution in [-0.2, 0) is 0 Å². The van der Waals surface area contributed by atoms with Gasteiger partial charge in [0.05, 0.1) is 0 Å². The van der Waals surface area contributed by atoms with Crippen LogP contribution in [0.4, 0.5) is 4.79 Å². The van der Waals surface area contributed by atoms with E-state index in [0.717, 1.165) is 19.3 Å². The topological polar surface area (TPSA) is 41.1 Å². The molecule has 0 aromatic carbocycles. The van der Waals surface area contributed by atoms with Gasteiger partial charge < -0.3 is 10.6 Å². The van der Waals surface area contributed by atoms with Crippen LogP contribution in [-0.4, -0.2) is 18.5 Å². The lowest BCUT2D eigenvalue weighted by Gasteiger charge is -2.13. The van der Waals surface area contributed by atoms with Crippen molar-refractivity contribution in [1.82, 2.24) is 10.6 Å². The lowest BCUT2D eigenvalue weighted by atomic mass is 9.96. The molecule has 0 aromatic heterocycles. The van der Waals surface area contributed by atoms with E-state index in [-0.39, 0.29) is 6.03 Å². The maximum atomic E-state index is 11.3. The second-order valence-electron chi connectivity index (χ2n) is 3.81. The number of allylic oxidation sites excluding steroid dienone is 1. The molecule has 86 valence electrons. The number of rotatable bonds is 4. The number of hydrogen-bond donors (Lipinski definition) is 2. The second-order valence-corrected chi connectivity index (χ2v) is 4.18. The Hall–Kier alpha value is -0.700. The van der Waals surface area contributed by atoms with E-state index in [1.807, 2.05) is 6.20 Å². The van der Waals surface area contributed by atoms with Gasteiger partial charge in [-0.05, 0) is 32.1 Å². The van der Waals surface area contributed by atoms with Crippen LogP contribution in [0.5, 0.6) is 0 Å². The van der Waals surface area contributed by atoms with Crippen molar-refractivity contribution >= 4 is 17.6 Å². The molecule has 0 aromatic rings. The maximum Gasteiger partial charge on any atom is 0.318 e. The molecule has 2 N–H and O–H groups in total. The normalized spacial score (nSPS) is 15.9. The fourth-order valence-corrected chi connectivity index (χ4v) is 1.77. The minimum Gasteiger partial charge on any atom is -0.338 e. The fraction of sp³-hybridized carbons (Fsp3) is 0.727. The summed E-state index contributed by atoms with van der Waals surface area (Å²) in [7, 11) is 0. The van der Waals surface area contributed by atoms with Gasteiger partial charge in [0, 0.05) is 18.6 Å². The Labute approximate surface area is 96.3 Å². The standard InChI is InChI=1S/C11H19ClN2O/c12-7-4-8-13-11(15)14-9-10-5-2-1-3-6-10/h9H,1-8H2,(H2,13,14,15). The third-order valence-corrected chi connectivity index (χ3v) is 2.77. The summed E-state index contributed by atoms with van der Waals surface area (Å²) in [6.45, 7) is 0.637. The average Bonchev–Trinajstić information content (AvgIpc) is 2.28. The highest BCUT2D eigenvalue weighted by Crippen LogP contribution is 2.21. The quantitative estimate of drug-likeness (QED) is 0.566. The van der Waals surface area contributed by atoms with Gasteiger partial charge in [-0.15, -0.1) is 11.6 Å². The van der Waals surface area contributed by atoms with Crippen molar-refractivity contribution in [2.24, 2.45) is 0 Å². The van der Waals surface area contributed by atoms with Gasteiger partial charge >= 0.3 is 6.03 Å². The Morgan fingerprint density at radius 2 is 2.07 bits per heavy atom. The fourth-order valence-electron chi connectivity index (χ4n) is 1.64. The smallest absolute Gasteiger partial charge is 0.318 e. The third-order valence-electron chi connectivity index (χ3n) is 2.50. The molecule has 0 radical (unpaired) electrons. The summed E-state index contributed by atoms with van der Waals surface area (Å²) >= 11 is 5.50. The third kappa shape index (κ3) is 5.67. The summed E-state index contributed by atoms with van der Waals surface area (Å²) in [5, 5.41) is 5.50. The van der Waals surface area contributed by atoms with Crippen molar-refractivity contribution in [1.29, 1.82) is 0 Å². The van der Waals surface area contributed by atoms with Crippen molar-refractivity contribution in [3.8, 4) is 0 Å². The lowest BCUT2D eigenvalue weighted by Crippen LogP contribution is -2.33. The number of nitrogens with one attached hydrogen (secondary N) is 2. The highest BCUT2D eigenvalue weighted by Gasteiger charge is 2.05. The molecular weight excluding hydrogens is 212 g/mol. The first kappa shape index (κ1) is 12.4. The Morgan fingerprint density at radius 3 is 2.73 bits per heavy atom. The Kier molecular flexibility index (Phi) is 6.25. The van der Waals surface area contributed by atoms with Gasteiger partial charge in [-0.3, -0.25) is 0 Å². The molecule has 15 heavy (non-hydrogen) atoms. The number of alkyl halides is 1. The van der Waals surface area contributed by atoms with E-state index < -0.39 is 0 Å². The maximum absolute atomic E-state index is 11.3. The number of halogens is 1. The van der Waals surface area contributed by atoms with Crippen molar-refractivity contribution < 1.29 is 4.79 Å². The molecule has 0 unspecified atom stereocenters. The largest absolute Gasteiger partial charge is 0.338 e. The Bertz CT molecular complexity index is 221. The first-order valence-corrected chi connectivity index (χ1v) is 6.14. The molecule has 2 amide bonds. The highest BCUT2D eigenvalue weighted by molar-refractivity contribution is 6.17. The van der Waals surface area contributed by atoms with Gasteiger partial charge in [0.2, 0.25) is 0 Å². The van der Waals surface area contributed by atoms with Gasteiger partial charge in [-0.25, -0.2) is 4.79 Å². The van der Waals surface area contributed by atoms with Crippen molar-refractivity contribution in [2.75, 3.05) is 12.4 Å². The molecule has 0 bridgehead atoms. The summed E-state index contributed by atoms with van der Waals surface area (Å²) in [5.41, 5.74) is 1.36. The number of carbonyl (C=O) groups is 1. The van der Waals surface area contributed by atoms with E-state index in [9.17, 15) is 4.79 Å². The number of amides is 2. The van der Waals surface area contributed by atoms with Crippen LogP contribution in [0, 0.1) is 0 Å². The molecule has 1 fully saturated rings. The van der Waals surface area contributed by atoms with Crippen LogP contribution in [0.25, 0.3) is 0 Å². The van der Waals surface area contributed by atoms with Crippen LogP contribution in [0.15, 0.2) is 11.8 Å². The van der Waals surface area contributed by atoms with Crippen molar-refractivity contribution in [2.45, 2.75) is 38.5 Å². The molecule has 3 nitrogen and oxygen atoms in total. The molecule has 1 rings (SSSR count). The average molecular weight is 231 g/mol. The molecule has 1 aliphatic rings. The minimum absolute atomic E-state index is 0.127. The molecular formula is C11H19ClN2O. The SMILES string of the molecule is O=C(NC=C1CCCCC1)NCCCCl. The van der Waals surface area contributed by atoms with Crippen LogP contribution < -0.4 is 10.6 Å². The zero-order chi connectivity index (χ0) is 10.9. The molecule has 1 aliphatic carbocycles. The van der Waals surface area contributed by atoms with E-state index in [0.29, 0.717) is 12.4 Å². The zero-order valence-corrected chi connectivity index (χ0v) is 9.78. The van der Waals surface area contributed by atoms with Crippen LogP contribution >= 0.6 is 11.6 Å². The van der Waals surface area contributed by atoms with Gasteiger partial charge in [-0.2, -0.15) is 0 Å². The molecule has 4 heteroatoms. The van der Waals surface area contributed by atoms with Crippen molar-refractivity contribution in [3.05, 3.63) is 11.8 Å². The van der Waals surface area contributed by atoms with Gasteiger partial charge in [0.15, 0.2) is 0 Å². The number of urea groups is 1. The molecule has 0 saturated heterocycles. The summed E-state index contributed by atoms with van der Waals surface area (Å²) in [6.07, 6.45) is 8.74. The first-order chi connectivity index (χ1) is 7.33. The number of hydrogen-bond acceptors (Lipinski definition) is 1. The van der Waals surface area contributed by atoms with Crippen LogP contribution in [0.1, 0.15) is 38.5 Å². The molecule has 1 saturated carbocycles. The first-order valence-electron chi connectivity index (χ1n) is 5.61. The summed E-state index contributed by atoms with van der Waals surface area (Å²) in [5.74, 6) is 0.585. The van der Waals surface area contributed by atoms with E-state index in [2.05, 4.69) is 10.6 Å². The van der Waals surface area contributed by atoms with E-state index in [1.165, 1.54) is 24.8 Å². The molecule has 0 heterocycles. The summed E-state index contributed by atoms with van der Waals surface area (Å²) in [6, 6.07) is -0.127. The molecule has 0 spiro atoms. The van der Waals surface area contributed by atoms with E-state index >= 15 is 0 Å². The minimum atomic E-state index is -0.127. The van der Waals surface area contributed by atoms with Gasteiger partial charge in [0.25, 0.3) is 0 Å².